The number of nitrogens with two attached hydrogens (primary N) is 1. The van der Waals surface area contributed by atoms with Crippen LogP contribution >= 0.6 is 0 Å². The lowest BCUT2D eigenvalue weighted by Gasteiger charge is -1.99. The van der Waals surface area contributed by atoms with Crippen LogP contribution in [0.5, 0.6) is 0 Å². The van der Waals surface area contributed by atoms with Crippen molar-refractivity contribution in [3.8, 4) is 17.4 Å². The van der Waals surface area contributed by atoms with Crippen molar-refractivity contribution in [2.24, 2.45) is 14.1 Å². The zero-order chi connectivity index (χ0) is 14.4. The van der Waals surface area contributed by atoms with Crippen molar-refractivity contribution in [3.63, 3.8) is 0 Å². The lowest BCUT2D eigenvalue weighted by atomic mass is 10.1. The van der Waals surface area contributed by atoms with E-state index < -0.39 is 0 Å². The molecule has 0 aliphatic carbocycles. The molecule has 0 radical (unpaired) electrons. The number of hydrogen-bond donors (Lipinski definition) is 1. The van der Waals surface area contributed by atoms with Crippen molar-refractivity contribution >= 4 is 16.9 Å². The van der Waals surface area contributed by atoms with E-state index in [0.717, 1.165) is 16.6 Å². The van der Waals surface area contributed by atoms with Gasteiger partial charge in [-0.2, -0.15) is 5.26 Å². The Morgan fingerprint density at radius 1 is 1.20 bits per heavy atom. The number of nitrogens with zero attached hydrogens (tertiary/aromatic N) is 3. The smallest absolute Gasteiger partial charge is 0.328 e. The summed E-state index contributed by atoms with van der Waals surface area (Å²) in [5.74, 6) is 0.613. The predicted molar refractivity (Wildman–Crippen MR) is 75.0 cm³/mol. The van der Waals surface area contributed by atoms with Crippen molar-refractivity contribution in [2.45, 2.75) is 0 Å². The highest BCUT2D eigenvalue weighted by molar-refractivity contribution is 5.82. The van der Waals surface area contributed by atoms with Gasteiger partial charge in [0.2, 0.25) is 5.88 Å². The maximum absolute atomic E-state index is 11.9. The first-order chi connectivity index (χ1) is 9.52. The Labute approximate surface area is 114 Å². The highest BCUT2D eigenvalue weighted by atomic mass is 16.4. The van der Waals surface area contributed by atoms with E-state index in [1.807, 2.05) is 24.3 Å². The molecule has 20 heavy (non-hydrogen) atoms. The lowest BCUT2D eigenvalue weighted by Crippen LogP contribution is -2.19. The second-order valence-corrected chi connectivity index (χ2v) is 4.60. The summed E-state index contributed by atoms with van der Waals surface area (Å²) in [5.41, 5.74) is 8.23. The van der Waals surface area contributed by atoms with Gasteiger partial charge in [-0.3, -0.25) is 9.13 Å². The molecular formula is C14H12N4O2. The van der Waals surface area contributed by atoms with Crippen molar-refractivity contribution in [1.82, 2.24) is 9.13 Å². The molecule has 6 heteroatoms. The van der Waals surface area contributed by atoms with Crippen LogP contribution in [0.4, 0.5) is 5.88 Å². The minimum absolute atomic E-state index is 0.0891. The standard InChI is InChI=1S/C14H12N4O2/c1-17-10-4-3-8(5-11(10)18(2)14(17)19)12-6-9(7-15)13(16)20-12/h3-6H,16H2,1-2H3. The Kier molecular flexibility index (Phi) is 2.44. The van der Waals surface area contributed by atoms with E-state index in [0.29, 0.717) is 11.3 Å². The zero-order valence-electron chi connectivity index (χ0n) is 11.0. The molecule has 0 aliphatic heterocycles. The molecule has 3 aromatic rings. The van der Waals surface area contributed by atoms with Crippen LogP contribution in [0.15, 0.2) is 33.5 Å². The van der Waals surface area contributed by atoms with Crippen LogP contribution in [0, 0.1) is 11.3 Å². The van der Waals surface area contributed by atoms with Gasteiger partial charge in [0, 0.05) is 25.7 Å². The van der Waals surface area contributed by atoms with E-state index in [-0.39, 0.29) is 11.6 Å². The summed E-state index contributed by atoms with van der Waals surface area (Å²) < 4.78 is 8.52. The average molecular weight is 268 g/mol. The number of nitrogen functional groups attached to an aromatic ring is 1. The third-order valence-corrected chi connectivity index (χ3v) is 3.44. The molecule has 0 amide bonds. The lowest BCUT2D eigenvalue weighted by molar-refractivity contribution is 0.602. The molecule has 2 aromatic heterocycles. The van der Waals surface area contributed by atoms with Crippen LogP contribution < -0.4 is 11.4 Å². The number of benzene rings is 1. The van der Waals surface area contributed by atoms with Gasteiger partial charge in [-0.15, -0.1) is 0 Å². The molecule has 0 aliphatic rings. The van der Waals surface area contributed by atoms with E-state index in [2.05, 4.69) is 0 Å². The predicted octanol–water partition coefficient (Wildman–Crippen LogP) is 1.59. The normalized spacial score (nSPS) is 10.8. The summed E-state index contributed by atoms with van der Waals surface area (Å²) in [6.45, 7) is 0. The van der Waals surface area contributed by atoms with Crippen LogP contribution in [-0.4, -0.2) is 9.13 Å². The number of furan rings is 1. The van der Waals surface area contributed by atoms with Crippen LogP contribution in [-0.2, 0) is 14.1 Å². The summed E-state index contributed by atoms with van der Waals surface area (Å²) >= 11 is 0. The Morgan fingerprint density at radius 3 is 2.55 bits per heavy atom. The van der Waals surface area contributed by atoms with E-state index in [1.54, 1.807) is 29.3 Å². The molecule has 1 aromatic carbocycles. The maximum Gasteiger partial charge on any atom is 0.328 e. The van der Waals surface area contributed by atoms with Crippen molar-refractivity contribution in [3.05, 3.63) is 40.3 Å². The number of hydrogen-bond acceptors (Lipinski definition) is 4. The topological polar surface area (TPSA) is 89.9 Å². The summed E-state index contributed by atoms with van der Waals surface area (Å²) in [4.78, 5) is 11.9. The molecule has 0 saturated heterocycles. The van der Waals surface area contributed by atoms with Crippen LogP contribution in [0.1, 0.15) is 5.56 Å². The largest absolute Gasteiger partial charge is 0.440 e. The van der Waals surface area contributed by atoms with Gasteiger partial charge in [-0.05, 0) is 18.2 Å². The van der Waals surface area contributed by atoms with E-state index in [9.17, 15) is 4.79 Å². The van der Waals surface area contributed by atoms with E-state index in [4.69, 9.17) is 15.4 Å². The van der Waals surface area contributed by atoms with Gasteiger partial charge < -0.3 is 10.2 Å². The van der Waals surface area contributed by atoms with Gasteiger partial charge in [-0.1, -0.05) is 0 Å². The fourth-order valence-electron chi connectivity index (χ4n) is 2.29. The summed E-state index contributed by atoms with van der Waals surface area (Å²) in [6, 6.07) is 9.09. The van der Waals surface area contributed by atoms with Gasteiger partial charge in [0.15, 0.2) is 0 Å². The van der Waals surface area contributed by atoms with Crippen molar-refractivity contribution in [2.75, 3.05) is 5.73 Å². The van der Waals surface area contributed by atoms with Gasteiger partial charge >= 0.3 is 5.69 Å². The fraction of sp³-hybridized carbons (Fsp3) is 0.143. The molecule has 0 spiro atoms. The molecule has 0 saturated carbocycles. The van der Waals surface area contributed by atoms with E-state index in [1.165, 1.54) is 0 Å². The zero-order valence-corrected chi connectivity index (χ0v) is 11.0. The molecule has 2 N–H and O–H groups in total. The quantitative estimate of drug-likeness (QED) is 0.725. The number of fused-ring (bicyclic) bond motifs is 1. The monoisotopic (exact) mass is 268 g/mol. The number of rotatable bonds is 1. The minimum Gasteiger partial charge on any atom is -0.440 e. The summed E-state index contributed by atoms with van der Waals surface area (Å²) in [6.07, 6.45) is 0. The van der Waals surface area contributed by atoms with Gasteiger partial charge in [0.25, 0.3) is 0 Å². The highest BCUT2D eigenvalue weighted by Crippen LogP contribution is 2.28. The SMILES string of the molecule is Cn1c(=O)n(C)c2cc(-c3cc(C#N)c(N)o3)ccc21. The van der Waals surface area contributed by atoms with Gasteiger partial charge in [-0.25, -0.2) is 4.79 Å². The van der Waals surface area contributed by atoms with Gasteiger partial charge in [0.1, 0.15) is 17.4 Å². The molecule has 6 nitrogen and oxygen atoms in total. The first-order valence-electron chi connectivity index (χ1n) is 5.98. The third kappa shape index (κ3) is 1.53. The molecular weight excluding hydrogens is 256 g/mol. The number of anilines is 1. The molecule has 0 atom stereocenters. The van der Waals surface area contributed by atoms with Crippen LogP contribution in [0.3, 0.4) is 0 Å². The summed E-state index contributed by atoms with van der Waals surface area (Å²) in [7, 11) is 3.44. The Morgan fingerprint density at radius 2 is 1.90 bits per heavy atom. The molecule has 0 unspecified atom stereocenters. The Bertz CT molecular complexity index is 921. The summed E-state index contributed by atoms with van der Waals surface area (Å²) in [5, 5.41) is 8.90. The average Bonchev–Trinajstić information content (AvgIpc) is 2.93. The maximum atomic E-state index is 11.9. The van der Waals surface area contributed by atoms with Crippen LogP contribution in [0.25, 0.3) is 22.4 Å². The molecule has 0 bridgehead atoms. The third-order valence-electron chi connectivity index (χ3n) is 3.44. The fourth-order valence-corrected chi connectivity index (χ4v) is 2.29. The van der Waals surface area contributed by atoms with E-state index >= 15 is 0 Å². The van der Waals surface area contributed by atoms with Gasteiger partial charge in [0.05, 0.1) is 11.0 Å². The molecule has 100 valence electrons. The Hall–Kier alpha value is -2.94. The van der Waals surface area contributed by atoms with Crippen LogP contribution in [0.2, 0.25) is 0 Å². The number of aryl methyl sites for hydroxylation is 2. The van der Waals surface area contributed by atoms with Crippen molar-refractivity contribution in [1.29, 1.82) is 5.26 Å². The number of nitriles is 1. The Balaban J connectivity index is 2.25. The number of aromatic nitrogens is 2. The second kappa shape index (κ2) is 4.03. The van der Waals surface area contributed by atoms with Crippen molar-refractivity contribution < 1.29 is 4.42 Å². The molecule has 2 heterocycles. The second-order valence-electron chi connectivity index (χ2n) is 4.60. The first kappa shape index (κ1) is 12.1. The number of imidazole rings is 1. The first-order valence-corrected chi connectivity index (χ1v) is 5.98. The minimum atomic E-state index is -0.0891. The molecule has 0 fully saturated rings. The highest BCUT2D eigenvalue weighted by Gasteiger charge is 2.13. The molecule has 3 rings (SSSR count).